The van der Waals surface area contributed by atoms with Crippen LogP contribution in [0.5, 0.6) is 5.75 Å². The molecule has 0 aliphatic carbocycles. The van der Waals surface area contributed by atoms with Crippen LogP contribution in [0.3, 0.4) is 0 Å². The standard InChI is InChI=1S/C30H30ClN7O2/c1-18-4-6-20(31)17-23(18)28-26(29(32)39)22(27(36-28)24-10-11-34-30(33)35-24)8-5-19-16-21(7-9-25(19)40-3)38-14-12-37(2)13-15-38/h4,6-7,9-11,16-17,36H,12-15H2,1-3H3,(H2,32,39)(H2,33,34,35). The molecule has 4 aromatic rings. The first-order valence-electron chi connectivity index (χ1n) is 12.8. The maximum absolute atomic E-state index is 13.0. The van der Waals surface area contributed by atoms with Crippen LogP contribution in [0.4, 0.5) is 11.6 Å². The minimum Gasteiger partial charge on any atom is -0.495 e. The molecule has 5 N–H and O–H groups in total. The second kappa shape index (κ2) is 11.3. The zero-order valence-electron chi connectivity index (χ0n) is 22.6. The van der Waals surface area contributed by atoms with E-state index in [-0.39, 0.29) is 11.5 Å². The van der Waals surface area contributed by atoms with Gasteiger partial charge in [-0.2, -0.15) is 0 Å². The fraction of sp³-hybridized carbons (Fsp3) is 0.233. The van der Waals surface area contributed by atoms with E-state index in [0.29, 0.717) is 39.0 Å². The average molecular weight is 556 g/mol. The molecule has 10 heteroatoms. The van der Waals surface area contributed by atoms with E-state index in [1.807, 2.05) is 31.2 Å². The number of carbonyl (C=O) groups is 1. The number of hydrogen-bond donors (Lipinski definition) is 3. The average Bonchev–Trinajstić information content (AvgIpc) is 3.33. The van der Waals surface area contributed by atoms with Crippen LogP contribution in [-0.4, -0.2) is 66.1 Å². The number of primary amides is 1. The predicted octanol–water partition coefficient (Wildman–Crippen LogP) is 3.94. The molecule has 0 radical (unpaired) electrons. The van der Waals surface area contributed by atoms with Crippen molar-refractivity contribution in [1.82, 2.24) is 19.9 Å². The van der Waals surface area contributed by atoms with Crippen molar-refractivity contribution in [2.24, 2.45) is 5.73 Å². The van der Waals surface area contributed by atoms with Gasteiger partial charge in [0.15, 0.2) is 0 Å². The van der Waals surface area contributed by atoms with Crippen LogP contribution >= 0.6 is 11.6 Å². The number of aromatic nitrogens is 3. The molecule has 9 nitrogen and oxygen atoms in total. The molecule has 1 fully saturated rings. The van der Waals surface area contributed by atoms with Crippen LogP contribution < -0.4 is 21.1 Å². The number of nitrogens with two attached hydrogens (primary N) is 2. The van der Waals surface area contributed by atoms with Gasteiger partial charge in [0.2, 0.25) is 5.95 Å². The third-order valence-electron chi connectivity index (χ3n) is 7.02. The first-order valence-corrected chi connectivity index (χ1v) is 13.2. The molecule has 2 aromatic heterocycles. The van der Waals surface area contributed by atoms with Gasteiger partial charge in [-0.05, 0) is 55.9 Å². The van der Waals surface area contributed by atoms with Gasteiger partial charge >= 0.3 is 0 Å². The van der Waals surface area contributed by atoms with E-state index in [4.69, 9.17) is 27.8 Å². The normalized spacial score (nSPS) is 13.6. The number of rotatable bonds is 5. The quantitative estimate of drug-likeness (QED) is 0.318. The van der Waals surface area contributed by atoms with Gasteiger partial charge in [-0.1, -0.05) is 29.5 Å². The molecule has 0 bridgehead atoms. The van der Waals surface area contributed by atoms with E-state index < -0.39 is 5.91 Å². The highest BCUT2D eigenvalue weighted by Gasteiger charge is 2.25. The third kappa shape index (κ3) is 5.45. The number of carbonyl (C=O) groups excluding carboxylic acids is 1. The first kappa shape index (κ1) is 27.1. The van der Waals surface area contributed by atoms with Crippen molar-refractivity contribution in [2.45, 2.75) is 6.92 Å². The van der Waals surface area contributed by atoms with Crippen molar-refractivity contribution in [1.29, 1.82) is 0 Å². The number of H-pyrrole nitrogens is 1. The smallest absolute Gasteiger partial charge is 0.252 e. The van der Waals surface area contributed by atoms with Gasteiger partial charge in [0.25, 0.3) is 5.91 Å². The van der Waals surface area contributed by atoms with Crippen LogP contribution in [0.2, 0.25) is 5.02 Å². The summed E-state index contributed by atoms with van der Waals surface area (Å²) in [5.74, 6) is 6.53. The molecule has 1 saturated heterocycles. The molecule has 3 heterocycles. The van der Waals surface area contributed by atoms with Crippen LogP contribution in [0.1, 0.15) is 27.0 Å². The number of benzene rings is 2. The Hall–Kier alpha value is -4.52. The molecule has 1 aliphatic rings. The third-order valence-corrected chi connectivity index (χ3v) is 7.25. The molecule has 2 aromatic carbocycles. The Labute approximate surface area is 238 Å². The largest absolute Gasteiger partial charge is 0.495 e. The predicted molar refractivity (Wildman–Crippen MR) is 159 cm³/mol. The monoisotopic (exact) mass is 555 g/mol. The summed E-state index contributed by atoms with van der Waals surface area (Å²) in [4.78, 5) is 29.3. The minimum absolute atomic E-state index is 0.0914. The fourth-order valence-electron chi connectivity index (χ4n) is 4.83. The summed E-state index contributed by atoms with van der Waals surface area (Å²) < 4.78 is 5.62. The molecule has 204 valence electrons. The van der Waals surface area contributed by atoms with Crippen LogP contribution in [0, 0.1) is 18.8 Å². The molecule has 5 rings (SSSR count). The number of hydrogen-bond acceptors (Lipinski definition) is 7. The number of nitrogen functional groups attached to an aromatic ring is 1. The highest BCUT2D eigenvalue weighted by Crippen LogP contribution is 2.36. The Bertz CT molecular complexity index is 1650. The van der Waals surface area contributed by atoms with Crippen molar-refractivity contribution in [3.8, 4) is 40.2 Å². The topological polar surface area (TPSA) is 126 Å². The highest BCUT2D eigenvalue weighted by molar-refractivity contribution is 6.31. The Morgan fingerprint density at radius 2 is 1.85 bits per heavy atom. The SMILES string of the molecule is COc1ccc(N2CCN(C)CC2)cc1C#Cc1c(-c2ccnc(N)n2)[nH]c(-c2cc(Cl)ccc2C)c1C(N)=O. The number of nitrogens with one attached hydrogen (secondary N) is 1. The number of amides is 1. The number of aromatic amines is 1. The molecule has 1 aliphatic heterocycles. The number of nitrogens with zero attached hydrogens (tertiary/aromatic N) is 4. The summed E-state index contributed by atoms with van der Waals surface area (Å²) in [6, 6.07) is 13.1. The summed E-state index contributed by atoms with van der Waals surface area (Å²) in [7, 11) is 3.73. The van der Waals surface area contributed by atoms with Gasteiger partial charge < -0.3 is 31.0 Å². The van der Waals surface area contributed by atoms with E-state index in [9.17, 15) is 4.79 Å². The zero-order valence-corrected chi connectivity index (χ0v) is 23.3. The van der Waals surface area contributed by atoms with E-state index in [1.54, 1.807) is 31.5 Å². The van der Waals surface area contributed by atoms with E-state index >= 15 is 0 Å². The number of likely N-dealkylation sites (N-methyl/N-ethyl adjacent to an activating group) is 1. The van der Waals surface area contributed by atoms with Crippen molar-refractivity contribution >= 4 is 29.1 Å². The highest BCUT2D eigenvalue weighted by atomic mass is 35.5. The van der Waals surface area contributed by atoms with Gasteiger partial charge in [-0.15, -0.1) is 0 Å². The maximum Gasteiger partial charge on any atom is 0.252 e. The van der Waals surface area contributed by atoms with E-state index in [2.05, 4.69) is 43.6 Å². The summed E-state index contributed by atoms with van der Waals surface area (Å²) in [5, 5.41) is 0.525. The van der Waals surface area contributed by atoms with Crippen molar-refractivity contribution in [3.63, 3.8) is 0 Å². The Morgan fingerprint density at radius 3 is 2.55 bits per heavy atom. The number of halogens is 1. The lowest BCUT2D eigenvalue weighted by atomic mass is 9.99. The number of anilines is 2. The van der Waals surface area contributed by atoms with Gasteiger partial charge in [0.1, 0.15) is 5.75 Å². The minimum atomic E-state index is -0.638. The van der Waals surface area contributed by atoms with E-state index in [1.165, 1.54) is 0 Å². The molecular formula is C30H30ClN7O2. The molecular weight excluding hydrogens is 526 g/mol. The molecule has 40 heavy (non-hydrogen) atoms. The lowest BCUT2D eigenvalue weighted by Crippen LogP contribution is -2.44. The number of aryl methyl sites for hydroxylation is 1. The van der Waals surface area contributed by atoms with Crippen LogP contribution in [0.25, 0.3) is 22.6 Å². The second-order valence-corrected chi connectivity index (χ2v) is 10.1. The van der Waals surface area contributed by atoms with Gasteiger partial charge in [0.05, 0.1) is 40.9 Å². The number of piperazine rings is 1. The van der Waals surface area contributed by atoms with Crippen LogP contribution in [0.15, 0.2) is 48.7 Å². The molecule has 1 amide bonds. The Morgan fingerprint density at radius 1 is 1.07 bits per heavy atom. The van der Waals surface area contributed by atoms with Crippen LogP contribution in [-0.2, 0) is 0 Å². The van der Waals surface area contributed by atoms with Crippen molar-refractivity contribution in [3.05, 3.63) is 75.9 Å². The summed E-state index contributed by atoms with van der Waals surface area (Å²) in [5.41, 5.74) is 17.3. The number of ether oxygens (including phenoxy) is 1. The Kier molecular flexibility index (Phi) is 7.65. The van der Waals surface area contributed by atoms with Crippen molar-refractivity contribution < 1.29 is 9.53 Å². The van der Waals surface area contributed by atoms with Gasteiger partial charge in [-0.25, -0.2) is 9.97 Å². The Balaban J connectivity index is 1.70. The summed E-state index contributed by atoms with van der Waals surface area (Å²) in [6.45, 7) is 5.73. The number of methoxy groups -OCH3 is 1. The molecule has 0 spiro atoms. The lowest BCUT2D eigenvalue weighted by molar-refractivity contribution is 0.100. The second-order valence-electron chi connectivity index (χ2n) is 9.67. The fourth-order valence-corrected chi connectivity index (χ4v) is 5.00. The summed E-state index contributed by atoms with van der Waals surface area (Å²) >= 11 is 6.33. The van der Waals surface area contributed by atoms with Gasteiger partial charge in [0, 0.05) is 48.6 Å². The van der Waals surface area contributed by atoms with E-state index in [0.717, 1.165) is 43.0 Å². The van der Waals surface area contributed by atoms with Gasteiger partial charge in [-0.3, -0.25) is 4.79 Å². The molecule has 0 unspecified atom stereocenters. The van der Waals surface area contributed by atoms with Crippen molar-refractivity contribution in [2.75, 3.05) is 51.0 Å². The lowest BCUT2D eigenvalue weighted by Gasteiger charge is -2.34. The molecule has 0 atom stereocenters. The zero-order chi connectivity index (χ0) is 28.4. The molecule has 0 saturated carbocycles. The first-order chi connectivity index (χ1) is 19.2. The summed E-state index contributed by atoms with van der Waals surface area (Å²) in [6.07, 6.45) is 1.55. The maximum atomic E-state index is 13.0.